The Morgan fingerprint density at radius 2 is 2.17 bits per heavy atom. The van der Waals surface area contributed by atoms with E-state index in [0.717, 1.165) is 58.4 Å². The van der Waals surface area contributed by atoms with Gasteiger partial charge >= 0.3 is 0 Å². The van der Waals surface area contributed by atoms with E-state index in [4.69, 9.17) is 14.5 Å². The minimum atomic E-state index is 0. The summed E-state index contributed by atoms with van der Waals surface area (Å²) in [5.74, 6) is 1.08. The zero-order chi connectivity index (χ0) is 16.0. The van der Waals surface area contributed by atoms with Gasteiger partial charge in [0.25, 0.3) is 0 Å². The summed E-state index contributed by atoms with van der Waals surface area (Å²) in [5, 5.41) is 3.46. The van der Waals surface area contributed by atoms with Crippen LogP contribution in [0.4, 0.5) is 0 Å². The molecule has 0 aromatic carbocycles. The number of aliphatic imine (C=N–C) groups is 1. The number of nitrogens with one attached hydrogen (secondary N) is 1. The van der Waals surface area contributed by atoms with E-state index in [1.807, 2.05) is 0 Å². The molecule has 1 spiro atoms. The normalized spacial score (nSPS) is 27.9. The van der Waals surface area contributed by atoms with Crippen LogP contribution in [0.1, 0.15) is 51.9 Å². The van der Waals surface area contributed by atoms with E-state index in [2.05, 4.69) is 17.1 Å². The monoisotopic (exact) mass is 451 g/mol. The molecule has 2 aliphatic heterocycles. The van der Waals surface area contributed by atoms with Crippen LogP contribution in [0, 0.1) is 5.41 Å². The fourth-order valence-electron chi connectivity index (χ4n) is 4.07. The molecule has 1 saturated carbocycles. The molecule has 0 amide bonds. The summed E-state index contributed by atoms with van der Waals surface area (Å²) in [6.45, 7) is 8.84. The summed E-state index contributed by atoms with van der Waals surface area (Å²) in [4.78, 5) is 7.25. The van der Waals surface area contributed by atoms with E-state index < -0.39 is 0 Å². The molecule has 1 unspecified atom stereocenters. The summed E-state index contributed by atoms with van der Waals surface area (Å²) in [7, 11) is 0. The van der Waals surface area contributed by atoms with Gasteiger partial charge in [0.1, 0.15) is 0 Å². The number of halogens is 1. The summed E-state index contributed by atoms with van der Waals surface area (Å²) >= 11 is 0. The predicted octanol–water partition coefficient (Wildman–Crippen LogP) is 3.03. The Kier molecular flexibility index (Phi) is 8.57. The molecule has 3 rings (SSSR count). The van der Waals surface area contributed by atoms with Gasteiger partial charge in [-0.2, -0.15) is 0 Å². The van der Waals surface area contributed by atoms with Crippen LogP contribution >= 0.6 is 24.0 Å². The van der Waals surface area contributed by atoms with Crippen molar-refractivity contribution < 1.29 is 9.47 Å². The number of likely N-dealkylation sites (tertiary alicyclic amines) is 1. The molecule has 140 valence electrons. The highest BCUT2D eigenvalue weighted by Crippen LogP contribution is 2.38. The maximum atomic E-state index is 5.93. The lowest BCUT2D eigenvalue weighted by molar-refractivity contribution is 0.0579. The zero-order valence-electron chi connectivity index (χ0n) is 15.1. The van der Waals surface area contributed by atoms with E-state index in [9.17, 15) is 0 Å². The van der Waals surface area contributed by atoms with E-state index in [1.54, 1.807) is 0 Å². The molecule has 2 heterocycles. The first-order chi connectivity index (χ1) is 11.3. The van der Waals surface area contributed by atoms with Crippen LogP contribution in [-0.2, 0) is 9.47 Å². The van der Waals surface area contributed by atoms with Crippen molar-refractivity contribution in [3.05, 3.63) is 0 Å². The fraction of sp³-hybridized carbons (Fsp3) is 0.944. The van der Waals surface area contributed by atoms with Crippen LogP contribution in [0.5, 0.6) is 0 Å². The number of hydrogen-bond acceptors (Lipinski definition) is 3. The highest BCUT2D eigenvalue weighted by molar-refractivity contribution is 14.0. The number of hydrogen-bond donors (Lipinski definition) is 1. The average Bonchev–Trinajstić information content (AvgIpc) is 3.30. The van der Waals surface area contributed by atoms with Gasteiger partial charge in [0.05, 0.1) is 12.7 Å². The number of guanidine groups is 1. The molecule has 0 aromatic rings. The van der Waals surface area contributed by atoms with Crippen LogP contribution in [0.15, 0.2) is 4.99 Å². The van der Waals surface area contributed by atoms with Crippen LogP contribution in [0.3, 0.4) is 0 Å². The Hall–Kier alpha value is -0.0800. The Balaban J connectivity index is 0.00000208. The van der Waals surface area contributed by atoms with Gasteiger partial charge in [-0.15, -0.1) is 24.0 Å². The molecule has 0 radical (unpaired) electrons. The Bertz CT molecular complexity index is 394. The highest BCUT2D eigenvalue weighted by Gasteiger charge is 2.42. The second-order valence-electron chi connectivity index (χ2n) is 7.34. The number of rotatable bonds is 6. The van der Waals surface area contributed by atoms with Gasteiger partial charge in [-0.05, 0) is 39.0 Å². The molecule has 0 aromatic heterocycles. The van der Waals surface area contributed by atoms with Gasteiger partial charge in [-0.25, -0.2) is 0 Å². The minimum absolute atomic E-state index is 0. The first-order valence-corrected chi connectivity index (χ1v) is 9.54. The van der Waals surface area contributed by atoms with E-state index >= 15 is 0 Å². The van der Waals surface area contributed by atoms with E-state index in [0.29, 0.717) is 11.5 Å². The van der Waals surface area contributed by atoms with Crippen LogP contribution < -0.4 is 5.32 Å². The third-order valence-electron chi connectivity index (χ3n) is 5.48. The topological polar surface area (TPSA) is 46.1 Å². The largest absolute Gasteiger partial charge is 0.381 e. The van der Waals surface area contributed by atoms with Crippen LogP contribution in [0.25, 0.3) is 0 Å². The first-order valence-electron chi connectivity index (χ1n) is 9.54. The summed E-state index contributed by atoms with van der Waals surface area (Å²) in [6.07, 6.45) is 9.18. The van der Waals surface area contributed by atoms with E-state index in [-0.39, 0.29) is 24.0 Å². The van der Waals surface area contributed by atoms with E-state index in [1.165, 1.54) is 38.5 Å². The van der Waals surface area contributed by atoms with Crippen molar-refractivity contribution in [1.29, 1.82) is 0 Å². The molecule has 3 aliphatic rings. The van der Waals surface area contributed by atoms with Gasteiger partial charge in [0, 0.05) is 44.8 Å². The molecule has 3 fully saturated rings. The van der Waals surface area contributed by atoms with Crippen molar-refractivity contribution in [3.63, 3.8) is 0 Å². The van der Waals surface area contributed by atoms with Crippen molar-refractivity contribution in [3.8, 4) is 0 Å². The molecule has 2 saturated heterocycles. The molecular weight excluding hydrogens is 417 g/mol. The first kappa shape index (κ1) is 20.2. The Morgan fingerprint density at radius 1 is 1.33 bits per heavy atom. The van der Waals surface area contributed by atoms with Gasteiger partial charge in [0.2, 0.25) is 0 Å². The molecule has 6 heteroatoms. The van der Waals surface area contributed by atoms with Gasteiger partial charge in [-0.1, -0.05) is 12.8 Å². The standard InChI is InChI=1S/C18H33N3O2.HI/c1-2-19-17(20-10-5-12-23-16-6-3-4-7-16)21-11-8-18(14-21)9-13-22-15-18;/h16H,2-15H2,1H3,(H,19,20);1H. The molecule has 1 aliphatic carbocycles. The molecule has 0 bridgehead atoms. The third kappa shape index (κ3) is 5.46. The van der Waals surface area contributed by atoms with Crippen molar-refractivity contribution in [2.75, 3.05) is 46.0 Å². The second-order valence-corrected chi connectivity index (χ2v) is 7.34. The quantitative estimate of drug-likeness (QED) is 0.292. The molecule has 1 N–H and O–H groups in total. The molecule has 5 nitrogen and oxygen atoms in total. The summed E-state index contributed by atoms with van der Waals surface area (Å²) < 4.78 is 11.6. The van der Waals surface area contributed by atoms with Gasteiger partial charge in [-0.3, -0.25) is 4.99 Å². The SMILES string of the molecule is CCNC(=NCCCOC1CCCC1)N1CCC2(CCOC2)C1.I. The van der Waals surface area contributed by atoms with Crippen molar-refractivity contribution in [2.45, 2.75) is 58.0 Å². The van der Waals surface area contributed by atoms with Crippen molar-refractivity contribution in [1.82, 2.24) is 10.2 Å². The number of ether oxygens (including phenoxy) is 2. The lowest BCUT2D eigenvalue weighted by atomic mass is 9.87. The van der Waals surface area contributed by atoms with Crippen molar-refractivity contribution in [2.24, 2.45) is 10.4 Å². The lowest BCUT2D eigenvalue weighted by Crippen LogP contribution is -2.41. The average molecular weight is 451 g/mol. The number of nitrogens with zero attached hydrogens (tertiary/aromatic N) is 2. The third-order valence-corrected chi connectivity index (χ3v) is 5.48. The van der Waals surface area contributed by atoms with Crippen molar-refractivity contribution >= 4 is 29.9 Å². The zero-order valence-corrected chi connectivity index (χ0v) is 17.4. The Labute approximate surface area is 164 Å². The smallest absolute Gasteiger partial charge is 0.193 e. The highest BCUT2D eigenvalue weighted by atomic mass is 127. The summed E-state index contributed by atoms with van der Waals surface area (Å²) in [5.41, 5.74) is 0.391. The van der Waals surface area contributed by atoms with Crippen LogP contribution in [0.2, 0.25) is 0 Å². The molecular formula is C18H34IN3O2. The second kappa shape index (κ2) is 10.2. The predicted molar refractivity (Wildman–Crippen MR) is 108 cm³/mol. The van der Waals surface area contributed by atoms with Gasteiger partial charge < -0.3 is 19.7 Å². The maximum absolute atomic E-state index is 5.93. The van der Waals surface area contributed by atoms with Crippen LogP contribution in [-0.4, -0.2) is 63.0 Å². The summed E-state index contributed by atoms with van der Waals surface area (Å²) in [6, 6.07) is 0. The fourth-order valence-corrected chi connectivity index (χ4v) is 4.07. The lowest BCUT2D eigenvalue weighted by Gasteiger charge is -2.25. The maximum Gasteiger partial charge on any atom is 0.193 e. The molecule has 1 atom stereocenters. The molecule has 24 heavy (non-hydrogen) atoms. The minimum Gasteiger partial charge on any atom is -0.381 e. The Morgan fingerprint density at radius 3 is 2.88 bits per heavy atom. The van der Waals surface area contributed by atoms with Gasteiger partial charge in [0.15, 0.2) is 5.96 Å².